The van der Waals surface area contributed by atoms with Crippen LogP contribution in [0.2, 0.25) is 0 Å². The van der Waals surface area contributed by atoms with Crippen LogP contribution in [0, 0.1) is 11.8 Å². The molecule has 2 unspecified atom stereocenters. The highest BCUT2D eigenvalue weighted by Crippen LogP contribution is 2.34. The predicted molar refractivity (Wildman–Crippen MR) is 95.8 cm³/mol. The SMILES string of the molecule is O=C(COC(=O)CN1C(=O)C2CC=CCC2C1=O)Nc1ccc(Br)cc1. The minimum atomic E-state index is -0.788. The van der Waals surface area contributed by atoms with Gasteiger partial charge in [-0.2, -0.15) is 0 Å². The second kappa shape index (κ2) is 7.82. The van der Waals surface area contributed by atoms with Gasteiger partial charge in [0.1, 0.15) is 6.54 Å². The molecule has 1 aliphatic carbocycles. The van der Waals surface area contributed by atoms with Crippen molar-refractivity contribution in [3.8, 4) is 0 Å². The van der Waals surface area contributed by atoms with E-state index in [1.807, 2.05) is 12.2 Å². The first-order valence-electron chi connectivity index (χ1n) is 8.17. The van der Waals surface area contributed by atoms with Crippen LogP contribution in [0.15, 0.2) is 40.9 Å². The summed E-state index contributed by atoms with van der Waals surface area (Å²) in [4.78, 5) is 49.2. The summed E-state index contributed by atoms with van der Waals surface area (Å²) in [6.07, 6.45) is 4.77. The molecule has 3 rings (SSSR count). The average Bonchev–Trinajstić information content (AvgIpc) is 2.87. The molecule has 2 aliphatic rings. The molecule has 2 atom stereocenters. The quantitative estimate of drug-likeness (QED) is 0.445. The molecule has 1 heterocycles. The topological polar surface area (TPSA) is 92.8 Å². The lowest BCUT2D eigenvalue weighted by atomic mass is 9.85. The second-order valence-electron chi connectivity index (χ2n) is 6.13. The Morgan fingerprint density at radius 2 is 1.65 bits per heavy atom. The molecule has 1 fully saturated rings. The van der Waals surface area contributed by atoms with Crippen molar-refractivity contribution in [1.29, 1.82) is 0 Å². The number of nitrogens with one attached hydrogen (secondary N) is 1. The summed E-state index contributed by atoms with van der Waals surface area (Å²) < 4.78 is 5.76. The molecule has 8 heteroatoms. The molecule has 0 radical (unpaired) electrons. The lowest BCUT2D eigenvalue weighted by Gasteiger charge is -2.14. The maximum absolute atomic E-state index is 12.3. The number of esters is 1. The van der Waals surface area contributed by atoms with Crippen LogP contribution in [-0.4, -0.2) is 41.7 Å². The van der Waals surface area contributed by atoms with Gasteiger partial charge in [0.2, 0.25) is 11.8 Å². The number of imide groups is 1. The van der Waals surface area contributed by atoms with Crippen molar-refractivity contribution >= 4 is 45.3 Å². The van der Waals surface area contributed by atoms with Gasteiger partial charge in [-0.25, -0.2) is 0 Å². The largest absolute Gasteiger partial charge is 0.454 e. The zero-order chi connectivity index (χ0) is 18.7. The van der Waals surface area contributed by atoms with Gasteiger partial charge in [0.05, 0.1) is 11.8 Å². The van der Waals surface area contributed by atoms with Crippen LogP contribution >= 0.6 is 15.9 Å². The molecule has 1 saturated heterocycles. The molecule has 0 spiro atoms. The van der Waals surface area contributed by atoms with Crippen molar-refractivity contribution in [2.24, 2.45) is 11.8 Å². The average molecular weight is 421 g/mol. The van der Waals surface area contributed by atoms with E-state index >= 15 is 0 Å². The number of allylic oxidation sites excluding steroid dienone is 2. The number of benzene rings is 1. The molecule has 1 aromatic rings. The lowest BCUT2D eigenvalue weighted by Crippen LogP contribution is -2.37. The minimum absolute atomic E-state index is 0.347. The third-order valence-electron chi connectivity index (χ3n) is 4.38. The van der Waals surface area contributed by atoms with Crippen LogP contribution in [-0.2, 0) is 23.9 Å². The normalized spacial score (nSPS) is 21.5. The van der Waals surface area contributed by atoms with E-state index in [1.165, 1.54) is 0 Å². The number of halogens is 1. The zero-order valence-corrected chi connectivity index (χ0v) is 15.4. The number of likely N-dealkylation sites (tertiary alicyclic amines) is 1. The van der Waals surface area contributed by atoms with Crippen molar-refractivity contribution in [3.05, 3.63) is 40.9 Å². The van der Waals surface area contributed by atoms with Gasteiger partial charge in [0, 0.05) is 10.2 Å². The van der Waals surface area contributed by atoms with Crippen LogP contribution in [0.25, 0.3) is 0 Å². The van der Waals surface area contributed by atoms with E-state index in [1.54, 1.807) is 24.3 Å². The highest BCUT2D eigenvalue weighted by molar-refractivity contribution is 9.10. The molecule has 7 nitrogen and oxygen atoms in total. The third kappa shape index (κ3) is 4.01. The van der Waals surface area contributed by atoms with Crippen molar-refractivity contribution in [1.82, 2.24) is 4.90 Å². The van der Waals surface area contributed by atoms with E-state index in [2.05, 4.69) is 21.2 Å². The molecule has 0 aromatic heterocycles. The molecule has 0 saturated carbocycles. The first-order chi connectivity index (χ1) is 12.5. The van der Waals surface area contributed by atoms with Gasteiger partial charge in [0.25, 0.3) is 5.91 Å². The molecular weight excluding hydrogens is 404 g/mol. The summed E-state index contributed by atoms with van der Waals surface area (Å²) in [6, 6.07) is 6.92. The summed E-state index contributed by atoms with van der Waals surface area (Å²) in [6.45, 7) is -0.949. The number of anilines is 1. The van der Waals surface area contributed by atoms with E-state index in [9.17, 15) is 19.2 Å². The Bertz CT molecular complexity index is 748. The number of hydrogen-bond acceptors (Lipinski definition) is 5. The summed E-state index contributed by atoms with van der Waals surface area (Å²) in [7, 11) is 0. The van der Waals surface area contributed by atoms with Gasteiger partial charge < -0.3 is 10.1 Å². The fraction of sp³-hybridized carbons (Fsp3) is 0.333. The van der Waals surface area contributed by atoms with Crippen molar-refractivity contribution in [2.75, 3.05) is 18.5 Å². The first kappa shape index (κ1) is 18.3. The number of rotatable bonds is 5. The first-order valence-corrected chi connectivity index (χ1v) is 8.96. The summed E-state index contributed by atoms with van der Waals surface area (Å²) in [5, 5.41) is 2.58. The van der Waals surface area contributed by atoms with E-state index in [0.717, 1.165) is 9.37 Å². The smallest absolute Gasteiger partial charge is 0.326 e. The number of ether oxygens (including phenoxy) is 1. The number of fused-ring (bicyclic) bond motifs is 1. The summed E-state index contributed by atoms with van der Waals surface area (Å²) in [5.74, 6) is -2.76. The molecule has 1 N–H and O–H groups in total. The van der Waals surface area contributed by atoms with Gasteiger partial charge in [0.15, 0.2) is 6.61 Å². The number of hydrogen-bond donors (Lipinski definition) is 1. The molecule has 1 aliphatic heterocycles. The van der Waals surface area contributed by atoms with E-state index in [0.29, 0.717) is 18.5 Å². The van der Waals surface area contributed by atoms with E-state index in [4.69, 9.17) is 4.74 Å². The number of nitrogens with zero attached hydrogens (tertiary/aromatic N) is 1. The summed E-state index contributed by atoms with van der Waals surface area (Å²) >= 11 is 3.29. The monoisotopic (exact) mass is 420 g/mol. The van der Waals surface area contributed by atoms with Crippen LogP contribution in [0.5, 0.6) is 0 Å². The molecule has 3 amide bonds. The highest BCUT2D eigenvalue weighted by Gasteiger charge is 2.47. The fourth-order valence-corrected chi connectivity index (χ4v) is 3.34. The number of carbonyl (C=O) groups excluding carboxylic acids is 4. The molecular formula is C18H17BrN2O5. The maximum atomic E-state index is 12.3. The Labute approximate surface area is 158 Å². The number of amides is 3. The van der Waals surface area contributed by atoms with Gasteiger partial charge in [-0.1, -0.05) is 28.1 Å². The van der Waals surface area contributed by atoms with E-state index in [-0.39, 0.29) is 23.7 Å². The minimum Gasteiger partial charge on any atom is -0.454 e. The van der Waals surface area contributed by atoms with Gasteiger partial charge in [-0.3, -0.25) is 24.1 Å². The molecule has 26 heavy (non-hydrogen) atoms. The fourth-order valence-electron chi connectivity index (χ4n) is 3.08. The Hall–Kier alpha value is -2.48. The Morgan fingerprint density at radius 1 is 1.08 bits per heavy atom. The van der Waals surface area contributed by atoms with Crippen molar-refractivity contribution in [3.63, 3.8) is 0 Å². The number of carbonyl (C=O) groups is 4. The van der Waals surface area contributed by atoms with E-state index < -0.39 is 25.0 Å². The third-order valence-corrected chi connectivity index (χ3v) is 4.91. The van der Waals surface area contributed by atoms with Gasteiger partial charge in [-0.15, -0.1) is 0 Å². The Kier molecular flexibility index (Phi) is 5.51. The molecule has 0 bridgehead atoms. The Morgan fingerprint density at radius 3 is 2.23 bits per heavy atom. The van der Waals surface area contributed by atoms with Crippen molar-refractivity contribution < 1.29 is 23.9 Å². The van der Waals surface area contributed by atoms with Crippen molar-refractivity contribution in [2.45, 2.75) is 12.8 Å². The second-order valence-corrected chi connectivity index (χ2v) is 7.05. The summed E-state index contributed by atoms with van der Waals surface area (Å²) in [5.41, 5.74) is 0.565. The van der Waals surface area contributed by atoms with Crippen LogP contribution in [0.4, 0.5) is 5.69 Å². The highest BCUT2D eigenvalue weighted by atomic mass is 79.9. The molecule has 1 aromatic carbocycles. The predicted octanol–water partition coefficient (Wildman–Crippen LogP) is 1.88. The van der Waals surface area contributed by atoms with Crippen LogP contribution < -0.4 is 5.32 Å². The lowest BCUT2D eigenvalue weighted by molar-refractivity contribution is -0.154. The van der Waals surface area contributed by atoms with Gasteiger partial charge in [-0.05, 0) is 37.1 Å². The van der Waals surface area contributed by atoms with Crippen LogP contribution in [0.1, 0.15) is 12.8 Å². The standard InChI is InChI=1S/C18H17BrN2O5/c19-11-5-7-12(8-6-11)20-15(22)10-26-16(23)9-21-17(24)13-3-1-2-4-14(13)18(21)25/h1-2,5-8,13-14H,3-4,9-10H2,(H,20,22). The maximum Gasteiger partial charge on any atom is 0.326 e. The Balaban J connectivity index is 1.48. The zero-order valence-electron chi connectivity index (χ0n) is 13.8. The van der Waals surface area contributed by atoms with Gasteiger partial charge >= 0.3 is 5.97 Å². The molecule has 136 valence electrons. The van der Waals surface area contributed by atoms with Crippen LogP contribution in [0.3, 0.4) is 0 Å².